The molecule has 0 amide bonds. The summed E-state index contributed by atoms with van der Waals surface area (Å²) in [7, 11) is 0. The second-order valence-corrected chi connectivity index (χ2v) is 7.67. The molecular formula is C21H23N5O4. The third kappa shape index (κ3) is 4.00. The lowest BCUT2D eigenvalue weighted by Crippen LogP contribution is -2.16. The minimum atomic E-state index is -0.545. The van der Waals surface area contributed by atoms with E-state index >= 15 is 0 Å². The molecule has 2 aromatic carbocycles. The predicted molar refractivity (Wildman–Crippen MR) is 113 cm³/mol. The summed E-state index contributed by atoms with van der Waals surface area (Å²) in [5.41, 5.74) is 0.537. The summed E-state index contributed by atoms with van der Waals surface area (Å²) in [6.07, 6.45) is 0.725. The van der Waals surface area contributed by atoms with Crippen molar-refractivity contribution in [3.8, 4) is 5.69 Å². The lowest BCUT2D eigenvalue weighted by atomic mass is 9.82. The number of H-pyrrole nitrogens is 1. The Hall–Kier alpha value is -3.75. The number of non-ortho nitro benzene ring substituents is 1. The molecule has 0 radical (unpaired) electrons. The minimum Gasteiger partial charge on any atom is -0.594 e. The maximum Gasteiger partial charge on any atom is 0.303 e. The van der Waals surface area contributed by atoms with Gasteiger partial charge in [0.2, 0.25) is 5.69 Å². The van der Waals surface area contributed by atoms with Crippen LogP contribution >= 0.6 is 0 Å². The molecule has 3 aromatic rings. The summed E-state index contributed by atoms with van der Waals surface area (Å²) in [5, 5.41) is 30.9. The van der Waals surface area contributed by atoms with Gasteiger partial charge in [-0.1, -0.05) is 39.0 Å². The van der Waals surface area contributed by atoms with E-state index < -0.39 is 10.5 Å². The molecule has 0 saturated heterocycles. The largest absolute Gasteiger partial charge is 0.594 e. The van der Waals surface area contributed by atoms with E-state index in [1.165, 1.54) is 10.7 Å². The van der Waals surface area contributed by atoms with E-state index in [2.05, 4.69) is 10.2 Å². The number of aromatic nitrogens is 2. The maximum absolute atomic E-state index is 12.8. The molecule has 0 atom stereocenters. The van der Waals surface area contributed by atoms with Gasteiger partial charge < -0.3 is 5.21 Å². The van der Waals surface area contributed by atoms with Crippen LogP contribution in [-0.2, 0) is 5.41 Å². The average molecular weight is 409 g/mol. The van der Waals surface area contributed by atoms with Gasteiger partial charge in [0.25, 0.3) is 11.4 Å². The monoisotopic (exact) mass is 409 g/mol. The van der Waals surface area contributed by atoms with E-state index in [0.717, 1.165) is 12.5 Å². The molecule has 0 aliphatic heterocycles. The third-order valence-electron chi connectivity index (χ3n) is 5.25. The van der Waals surface area contributed by atoms with Crippen molar-refractivity contribution >= 4 is 17.1 Å². The summed E-state index contributed by atoms with van der Waals surface area (Å²) in [4.78, 5) is 23.8. The fraction of sp³-hybridized carbons (Fsp3) is 0.286. The highest BCUT2D eigenvalue weighted by atomic mass is 16.6. The molecule has 0 saturated carbocycles. The molecule has 1 heterocycles. The first-order valence-corrected chi connectivity index (χ1v) is 9.50. The average Bonchev–Trinajstić information content (AvgIpc) is 3.02. The van der Waals surface area contributed by atoms with Crippen LogP contribution in [0, 0.1) is 22.2 Å². The molecule has 1 N–H and O–H groups in total. The lowest BCUT2D eigenvalue weighted by molar-refractivity contribution is -0.437. The fourth-order valence-electron chi connectivity index (χ4n) is 2.97. The number of hydrogen-bond acceptors (Lipinski definition) is 5. The highest BCUT2D eigenvalue weighted by Gasteiger charge is 2.25. The first kappa shape index (κ1) is 21.0. The number of nitrogens with one attached hydrogen (secondary N) is 1. The van der Waals surface area contributed by atoms with Gasteiger partial charge in [-0.05, 0) is 41.3 Å². The summed E-state index contributed by atoms with van der Waals surface area (Å²) < 4.78 is 1.29. The van der Waals surface area contributed by atoms with E-state index in [1.54, 1.807) is 37.3 Å². The molecular weight excluding hydrogens is 386 g/mol. The van der Waals surface area contributed by atoms with E-state index in [0.29, 0.717) is 16.9 Å². The van der Waals surface area contributed by atoms with Gasteiger partial charge in [0.05, 0.1) is 22.4 Å². The Kier molecular flexibility index (Phi) is 5.55. The number of rotatable bonds is 6. The van der Waals surface area contributed by atoms with Crippen molar-refractivity contribution in [2.45, 2.75) is 39.5 Å². The summed E-state index contributed by atoms with van der Waals surface area (Å²) >= 11 is 0. The molecule has 0 fully saturated rings. The van der Waals surface area contributed by atoms with Crippen LogP contribution in [0.5, 0.6) is 0 Å². The van der Waals surface area contributed by atoms with Crippen molar-refractivity contribution in [1.82, 2.24) is 9.78 Å². The molecule has 156 valence electrons. The molecule has 0 aliphatic rings. The van der Waals surface area contributed by atoms with Gasteiger partial charge in [-0.15, -0.1) is 0 Å². The number of aryl methyl sites for hydroxylation is 1. The Morgan fingerprint density at radius 3 is 2.33 bits per heavy atom. The Labute approximate surface area is 173 Å². The number of benzene rings is 2. The highest BCUT2D eigenvalue weighted by Crippen LogP contribution is 2.33. The van der Waals surface area contributed by atoms with Crippen molar-refractivity contribution in [2.75, 3.05) is 0 Å². The molecule has 9 heteroatoms. The number of nitro benzene ring substituents is 1. The first-order chi connectivity index (χ1) is 14.1. The van der Waals surface area contributed by atoms with E-state index in [9.17, 15) is 20.1 Å². The fourth-order valence-corrected chi connectivity index (χ4v) is 2.97. The van der Waals surface area contributed by atoms with E-state index in [1.807, 2.05) is 26.8 Å². The van der Waals surface area contributed by atoms with Crippen molar-refractivity contribution in [1.29, 1.82) is 0 Å². The van der Waals surface area contributed by atoms with Crippen LogP contribution in [0.25, 0.3) is 5.69 Å². The van der Waals surface area contributed by atoms with Gasteiger partial charge >= 0.3 is 5.56 Å². The molecule has 30 heavy (non-hydrogen) atoms. The highest BCUT2D eigenvalue weighted by molar-refractivity contribution is 5.49. The van der Waals surface area contributed by atoms with Crippen LogP contribution in [0.4, 0.5) is 17.1 Å². The van der Waals surface area contributed by atoms with Gasteiger partial charge in [0.1, 0.15) is 0 Å². The standard InChI is InChI=1S/C21H23N5O4/c1-5-21(3,4)15-11-17(13-18(12-15)26(29)30)25(28)23-19-14(2)22-24(20(19)27)16-9-7-6-8-10-16/h6-13,22H,5H2,1-4H3. The van der Waals surface area contributed by atoms with E-state index in [4.69, 9.17) is 0 Å². The van der Waals surface area contributed by atoms with Crippen LogP contribution in [0.15, 0.2) is 58.4 Å². The topological polar surface area (TPSA) is 119 Å². The van der Waals surface area contributed by atoms with Gasteiger partial charge in [0, 0.05) is 17.2 Å². The maximum atomic E-state index is 12.8. The molecule has 0 unspecified atom stereocenters. The second-order valence-electron chi connectivity index (χ2n) is 7.67. The number of nitro groups is 1. The predicted octanol–water partition coefficient (Wildman–Crippen LogP) is 5.00. The Bertz CT molecular complexity index is 1180. The number of hydrogen-bond donors (Lipinski definition) is 1. The third-order valence-corrected chi connectivity index (χ3v) is 5.25. The zero-order valence-corrected chi connectivity index (χ0v) is 17.2. The van der Waals surface area contributed by atoms with Gasteiger partial charge in [-0.3, -0.25) is 20.0 Å². The Morgan fingerprint density at radius 1 is 1.10 bits per heavy atom. The molecule has 0 bridgehead atoms. The number of nitrogens with zero attached hydrogens (tertiary/aromatic N) is 4. The van der Waals surface area contributed by atoms with Crippen molar-refractivity contribution in [2.24, 2.45) is 5.11 Å². The van der Waals surface area contributed by atoms with Crippen LogP contribution < -0.4 is 5.56 Å². The Balaban J connectivity index is 2.11. The number of para-hydroxylation sites is 1. The van der Waals surface area contributed by atoms with Crippen molar-refractivity contribution in [3.05, 3.63) is 85.5 Å². The normalized spacial score (nSPS) is 12.2. The van der Waals surface area contributed by atoms with Gasteiger partial charge in [0.15, 0.2) is 0 Å². The molecule has 0 spiro atoms. The number of aromatic amines is 1. The molecule has 9 nitrogen and oxygen atoms in total. The summed E-state index contributed by atoms with van der Waals surface area (Å²) in [6.45, 7) is 7.48. The molecule has 0 aliphatic carbocycles. The van der Waals surface area contributed by atoms with Gasteiger partial charge in [-0.2, -0.15) is 0 Å². The molecule has 3 rings (SSSR count). The summed E-state index contributed by atoms with van der Waals surface area (Å²) in [6, 6.07) is 13.1. The van der Waals surface area contributed by atoms with Crippen LogP contribution in [0.3, 0.4) is 0 Å². The van der Waals surface area contributed by atoms with Crippen LogP contribution in [0.1, 0.15) is 38.4 Å². The van der Waals surface area contributed by atoms with Gasteiger partial charge in [-0.25, -0.2) is 4.68 Å². The zero-order chi connectivity index (χ0) is 22.1. The van der Waals surface area contributed by atoms with Crippen molar-refractivity contribution < 1.29 is 9.78 Å². The summed E-state index contributed by atoms with van der Waals surface area (Å²) in [5.74, 6) is 0. The number of azo groups is 1. The quantitative estimate of drug-likeness (QED) is 0.267. The SMILES string of the molecule is CCC(C)(C)c1cc([N+](=O)[O-])cc([N+]([O-])=Nc2c(C)[nH]n(-c3ccccc3)c2=O)c1. The smallest absolute Gasteiger partial charge is 0.303 e. The Morgan fingerprint density at radius 2 is 1.73 bits per heavy atom. The minimum absolute atomic E-state index is 0.00742. The van der Waals surface area contributed by atoms with E-state index in [-0.39, 0.29) is 27.3 Å². The van der Waals surface area contributed by atoms with Crippen LogP contribution in [0.2, 0.25) is 0 Å². The second kappa shape index (κ2) is 7.94. The first-order valence-electron chi connectivity index (χ1n) is 9.50. The zero-order valence-electron chi connectivity index (χ0n) is 17.2. The van der Waals surface area contributed by atoms with Crippen LogP contribution in [-0.4, -0.2) is 19.6 Å². The molecule has 1 aromatic heterocycles. The van der Waals surface area contributed by atoms with Crippen molar-refractivity contribution in [3.63, 3.8) is 0 Å². The lowest BCUT2D eigenvalue weighted by Gasteiger charge is -2.22.